The van der Waals surface area contributed by atoms with Gasteiger partial charge >= 0.3 is 0 Å². The van der Waals surface area contributed by atoms with Gasteiger partial charge in [-0.2, -0.15) is 0 Å². The van der Waals surface area contributed by atoms with Crippen LogP contribution in [0.1, 0.15) is 42.8 Å². The van der Waals surface area contributed by atoms with Gasteiger partial charge in [0.2, 0.25) is 0 Å². The lowest BCUT2D eigenvalue weighted by atomic mass is 9.75. The second-order valence-electron chi connectivity index (χ2n) is 5.57. The van der Waals surface area contributed by atoms with E-state index in [2.05, 4.69) is 22.3 Å². The largest absolute Gasteiger partial charge is 0.303 e. The summed E-state index contributed by atoms with van der Waals surface area (Å²) in [6, 6.07) is 0. The molecule has 0 aliphatic heterocycles. The number of hydrogen-bond acceptors (Lipinski definition) is 4. The molecular formula is C14H22N2OS. The minimum atomic E-state index is -0.0991. The van der Waals surface area contributed by atoms with E-state index in [9.17, 15) is 4.79 Å². The maximum Gasteiger partial charge on any atom is 0.127 e. The summed E-state index contributed by atoms with van der Waals surface area (Å²) in [5.41, 5.74) is 1.02. The molecule has 1 aliphatic rings. The molecular weight excluding hydrogens is 244 g/mol. The molecule has 1 aromatic rings. The van der Waals surface area contributed by atoms with Crippen molar-refractivity contribution in [2.75, 3.05) is 13.6 Å². The van der Waals surface area contributed by atoms with Gasteiger partial charge in [0.1, 0.15) is 6.29 Å². The minimum absolute atomic E-state index is 0.0991. The third-order valence-electron chi connectivity index (χ3n) is 3.78. The van der Waals surface area contributed by atoms with Gasteiger partial charge in [-0.15, -0.1) is 11.3 Å². The van der Waals surface area contributed by atoms with Crippen LogP contribution in [0, 0.1) is 12.3 Å². The van der Waals surface area contributed by atoms with Crippen molar-refractivity contribution in [2.45, 2.75) is 45.6 Å². The van der Waals surface area contributed by atoms with Gasteiger partial charge in [0.25, 0.3) is 0 Å². The van der Waals surface area contributed by atoms with Crippen LogP contribution < -0.4 is 0 Å². The highest BCUT2D eigenvalue weighted by atomic mass is 32.1. The lowest BCUT2D eigenvalue weighted by molar-refractivity contribution is -0.119. The van der Waals surface area contributed by atoms with E-state index >= 15 is 0 Å². The molecule has 0 amide bonds. The van der Waals surface area contributed by atoms with Crippen molar-refractivity contribution >= 4 is 17.6 Å². The number of rotatable bonds is 5. The molecule has 1 aliphatic carbocycles. The summed E-state index contributed by atoms with van der Waals surface area (Å²) in [4.78, 5) is 18.2. The first-order valence-electron chi connectivity index (χ1n) is 6.69. The third-order valence-corrected chi connectivity index (χ3v) is 4.60. The first kappa shape index (κ1) is 13.7. The van der Waals surface area contributed by atoms with Crippen molar-refractivity contribution in [3.8, 4) is 0 Å². The van der Waals surface area contributed by atoms with Gasteiger partial charge < -0.3 is 4.79 Å². The monoisotopic (exact) mass is 266 g/mol. The van der Waals surface area contributed by atoms with E-state index in [1.54, 1.807) is 11.3 Å². The Bertz CT molecular complexity index is 396. The molecule has 0 saturated heterocycles. The summed E-state index contributed by atoms with van der Waals surface area (Å²) in [6.07, 6.45) is 6.98. The molecule has 0 unspecified atom stereocenters. The molecule has 1 fully saturated rings. The van der Waals surface area contributed by atoms with Gasteiger partial charge in [0.05, 0.1) is 10.7 Å². The molecule has 0 bridgehead atoms. The second kappa shape index (κ2) is 5.93. The van der Waals surface area contributed by atoms with Crippen LogP contribution in [0.2, 0.25) is 0 Å². The van der Waals surface area contributed by atoms with E-state index in [1.807, 2.05) is 6.92 Å². The number of hydrogen-bond donors (Lipinski definition) is 0. The predicted octanol–water partition coefficient (Wildman–Crippen LogP) is 3.03. The fourth-order valence-electron chi connectivity index (χ4n) is 2.92. The predicted molar refractivity (Wildman–Crippen MR) is 74.8 cm³/mol. The standard InChI is InChI=1S/C14H22N2OS/c1-12-15-13(9-18-12)8-16(2)10-14(11-17)6-4-3-5-7-14/h9,11H,3-8,10H2,1-2H3. The summed E-state index contributed by atoms with van der Waals surface area (Å²) in [7, 11) is 2.09. The van der Waals surface area contributed by atoms with Crippen LogP contribution in [0.25, 0.3) is 0 Å². The van der Waals surface area contributed by atoms with Crippen LogP contribution in [0.4, 0.5) is 0 Å². The zero-order valence-electron chi connectivity index (χ0n) is 11.3. The first-order chi connectivity index (χ1) is 8.63. The molecule has 3 nitrogen and oxygen atoms in total. The van der Waals surface area contributed by atoms with E-state index in [4.69, 9.17) is 0 Å². The number of carbonyl (C=O) groups is 1. The maximum atomic E-state index is 11.4. The number of aryl methyl sites for hydroxylation is 1. The Morgan fingerprint density at radius 3 is 2.72 bits per heavy atom. The van der Waals surface area contributed by atoms with Crippen molar-refractivity contribution in [3.05, 3.63) is 16.1 Å². The van der Waals surface area contributed by atoms with Crippen molar-refractivity contribution in [1.29, 1.82) is 0 Å². The molecule has 4 heteroatoms. The highest BCUT2D eigenvalue weighted by molar-refractivity contribution is 7.09. The molecule has 100 valence electrons. The summed E-state index contributed by atoms with van der Waals surface area (Å²) >= 11 is 1.69. The number of aldehydes is 1. The van der Waals surface area contributed by atoms with E-state index in [1.165, 1.54) is 25.5 Å². The van der Waals surface area contributed by atoms with Crippen molar-refractivity contribution in [1.82, 2.24) is 9.88 Å². The van der Waals surface area contributed by atoms with Crippen LogP contribution >= 0.6 is 11.3 Å². The van der Waals surface area contributed by atoms with Crippen molar-refractivity contribution in [2.24, 2.45) is 5.41 Å². The Morgan fingerprint density at radius 2 is 2.17 bits per heavy atom. The zero-order chi connectivity index (χ0) is 13.0. The van der Waals surface area contributed by atoms with Crippen molar-refractivity contribution in [3.63, 3.8) is 0 Å². The molecule has 18 heavy (non-hydrogen) atoms. The summed E-state index contributed by atoms with van der Waals surface area (Å²) < 4.78 is 0. The number of nitrogens with zero attached hydrogens (tertiary/aromatic N) is 2. The van der Waals surface area contributed by atoms with Gasteiger partial charge in [-0.05, 0) is 26.8 Å². The first-order valence-corrected chi connectivity index (χ1v) is 7.57. The number of carbonyl (C=O) groups excluding carboxylic acids is 1. The Hall–Kier alpha value is -0.740. The van der Waals surface area contributed by atoms with Crippen molar-refractivity contribution < 1.29 is 4.79 Å². The molecule has 1 heterocycles. The number of aromatic nitrogens is 1. The Kier molecular flexibility index (Phi) is 4.51. The summed E-state index contributed by atoms with van der Waals surface area (Å²) in [5.74, 6) is 0. The topological polar surface area (TPSA) is 33.2 Å². The van der Waals surface area contributed by atoms with Crippen LogP contribution in [0.3, 0.4) is 0 Å². The highest BCUT2D eigenvalue weighted by Crippen LogP contribution is 2.35. The van der Waals surface area contributed by atoms with Crippen LogP contribution in [0.15, 0.2) is 5.38 Å². The molecule has 2 rings (SSSR count). The Labute approximate surface area is 113 Å². The maximum absolute atomic E-state index is 11.4. The summed E-state index contributed by atoms with van der Waals surface area (Å²) in [5, 5.41) is 3.22. The van der Waals surface area contributed by atoms with Gasteiger partial charge in [-0.25, -0.2) is 4.98 Å². The fraction of sp³-hybridized carbons (Fsp3) is 0.714. The van der Waals surface area contributed by atoms with E-state index in [0.29, 0.717) is 0 Å². The lowest BCUT2D eigenvalue weighted by Crippen LogP contribution is -2.38. The Balaban J connectivity index is 1.92. The molecule has 0 atom stereocenters. The van der Waals surface area contributed by atoms with Gasteiger partial charge in [0.15, 0.2) is 0 Å². The second-order valence-corrected chi connectivity index (χ2v) is 6.63. The third kappa shape index (κ3) is 3.39. The fourth-order valence-corrected chi connectivity index (χ4v) is 3.52. The average molecular weight is 266 g/mol. The van der Waals surface area contributed by atoms with Crippen LogP contribution in [-0.2, 0) is 11.3 Å². The van der Waals surface area contributed by atoms with E-state index in [-0.39, 0.29) is 5.41 Å². The SMILES string of the molecule is Cc1nc(CN(C)CC2(C=O)CCCCC2)cs1. The van der Waals surface area contributed by atoms with Crippen LogP contribution in [0.5, 0.6) is 0 Å². The quantitative estimate of drug-likeness (QED) is 0.768. The molecule has 1 saturated carbocycles. The lowest BCUT2D eigenvalue weighted by Gasteiger charge is -2.35. The summed E-state index contributed by atoms with van der Waals surface area (Å²) in [6.45, 7) is 3.75. The van der Waals surface area contributed by atoms with Gasteiger partial charge in [-0.3, -0.25) is 4.90 Å². The molecule has 0 radical (unpaired) electrons. The molecule has 1 aromatic heterocycles. The highest BCUT2D eigenvalue weighted by Gasteiger charge is 2.32. The van der Waals surface area contributed by atoms with Crippen LogP contribution in [-0.4, -0.2) is 29.8 Å². The molecule has 0 N–H and O–H groups in total. The molecule has 0 spiro atoms. The average Bonchev–Trinajstić information content (AvgIpc) is 2.75. The zero-order valence-corrected chi connectivity index (χ0v) is 12.1. The smallest absolute Gasteiger partial charge is 0.127 e. The minimum Gasteiger partial charge on any atom is -0.303 e. The van der Waals surface area contributed by atoms with Gasteiger partial charge in [-0.1, -0.05) is 19.3 Å². The van der Waals surface area contributed by atoms with Gasteiger partial charge in [0, 0.05) is 23.9 Å². The molecule has 0 aromatic carbocycles. The van der Waals surface area contributed by atoms with E-state index in [0.717, 1.165) is 36.6 Å². The number of thiazole rings is 1. The Morgan fingerprint density at radius 1 is 1.44 bits per heavy atom. The van der Waals surface area contributed by atoms with E-state index < -0.39 is 0 Å². The normalized spacial score (nSPS) is 19.1.